The Hall–Kier alpha value is -0.900. The molecule has 1 heterocycles. The van der Waals surface area contributed by atoms with Crippen LogP contribution in [0.15, 0.2) is 5.10 Å². The summed E-state index contributed by atoms with van der Waals surface area (Å²) in [6.07, 6.45) is 4.06. The van der Waals surface area contributed by atoms with Gasteiger partial charge in [-0.1, -0.05) is 0 Å². The molecule has 0 spiro atoms. The van der Waals surface area contributed by atoms with Crippen LogP contribution in [0.3, 0.4) is 0 Å². The number of hydrogen-bond donors (Lipinski definition) is 1. The zero-order valence-corrected chi connectivity index (χ0v) is 10.2. The van der Waals surface area contributed by atoms with Gasteiger partial charge >= 0.3 is 0 Å². The van der Waals surface area contributed by atoms with Gasteiger partial charge in [-0.15, -0.1) is 0 Å². The lowest BCUT2D eigenvalue weighted by atomic mass is 10.1. The molecule has 1 amide bonds. The summed E-state index contributed by atoms with van der Waals surface area (Å²) in [4.78, 5) is 13.8. The van der Waals surface area contributed by atoms with Gasteiger partial charge in [-0.2, -0.15) is 5.10 Å². The molecule has 16 heavy (non-hydrogen) atoms. The zero-order chi connectivity index (χ0) is 11.5. The van der Waals surface area contributed by atoms with Crippen molar-refractivity contribution in [2.75, 3.05) is 13.1 Å². The van der Waals surface area contributed by atoms with Crippen molar-refractivity contribution in [3.05, 3.63) is 0 Å². The minimum Gasteiger partial charge on any atom is -0.300 e. The molecular weight excluding hydrogens is 202 g/mol. The van der Waals surface area contributed by atoms with Crippen LogP contribution in [0.5, 0.6) is 0 Å². The number of hydrazone groups is 1. The average molecular weight is 223 g/mol. The summed E-state index contributed by atoms with van der Waals surface area (Å²) in [5, 5.41) is 4.23. The molecule has 1 N–H and O–H groups in total. The Balaban J connectivity index is 1.75. The van der Waals surface area contributed by atoms with Gasteiger partial charge in [-0.3, -0.25) is 4.79 Å². The van der Waals surface area contributed by atoms with Crippen molar-refractivity contribution in [2.45, 2.75) is 45.6 Å². The lowest BCUT2D eigenvalue weighted by Crippen LogP contribution is -2.39. The highest BCUT2D eigenvalue weighted by Crippen LogP contribution is 2.28. The highest BCUT2D eigenvalue weighted by Gasteiger charge is 2.29. The maximum Gasteiger partial charge on any atom is 0.243 e. The summed E-state index contributed by atoms with van der Waals surface area (Å²) in [6, 6.07) is 0.614. The van der Waals surface area contributed by atoms with E-state index >= 15 is 0 Å². The standard InChI is InChI=1S/C12H21N3O/c1-9(2)15-7-5-11(6-8-15)13-14-12(16)10-3-4-10/h9-10H,3-8H2,1-2H3,(H,14,16). The number of nitrogens with zero attached hydrogens (tertiary/aromatic N) is 2. The first-order chi connectivity index (χ1) is 7.66. The molecule has 4 heteroatoms. The van der Waals surface area contributed by atoms with E-state index in [0.717, 1.165) is 44.5 Å². The average Bonchev–Trinajstić information content (AvgIpc) is 3.10. The van der Waals surface area contributed by atoms with E-state index in [2.05, 4.69) is 29.3 Å². The summed E-state index contributed by atoms with van der Waals surface area (Å²) in [5.41, 5.74) is 3.83. The van der Waals surface area contributed by atoms with E-state index in [1.807, 2.05) is 0 Å². The van der Waals surface area contributed by atoms with Crippen molar-refractivity contribution in [1.82, 2.24) is 10.3 Å². The van der Waals surface area contributed by atoms with E-state index in [9.17, 15) is 4.79 Å². The molecule has 0 aromatic heterocycles. The van der Waals surface area contributed by atoms with Crippen molar-refractivity contribution in [1.29, 1.82) is 0 Å². The van der Waals surface area contributed by atoms with E-state index in [1.165, 1.54) is 0 Å². The first-order valence-electron chi connectivity index (χ1n) is 6.26. The minimum atomic E-state index is 0.110. The number of likely N-dealkylation sites (tertiary alicyclic amines) is 1. The number of carbonyl (C=O) groups is 1. The first-order valence-corrected chi connectivity index (χ1v) is 6.26. The number of nitrogens with one attached hydrogen (secondary N) is 1. The third-order valence-corrected chi connectivity index (χ3v) is 3.38. The quantitative estimate of drug-likeness (QED) is 0.734. The second-order valence-electron chi connectivity index (χ2n) is 5.06. The third kappa shape index (κ3) is 3.04. The zero-order valence-electron chi connectivity index (χ0n) is 10.2. The van der Waals surface area contributed by atoms with E-state index < -0.39 is 0 Å². The van der Waals surface area contributed by atoms with Gasteiger partial charge in [0.15, 0.2) is 0 Å². The molecule has 2 rings (SSSR count). The van der Waals surface area contributed by atoms with Crippen LogP contribution < -0.4 is 5.43 Å². The van der Waals surface area contributed by atoms with E-state index in [1.54, 1.807) is 0 Å². The van der Waals surface area contributed by atoms with Crippen molar-refractivity contribution >= 4 is 11.6 Å². The Morgan fingerprint density at radius 1 is 1.38 bits per heavy atom. The Morgan fingerprint density at radius 2 is 2.00 bits per heavy atom. The van der Waals surface area contributed by atoms with E-state index in [0.29, 0.717) is 6.04 Å². The fourth-order valence-electron chi connectivity index (χ4n) is 1.98. The van der Waals surface area contributed by atoms with Crippen LogP contribution in [0, 0.1) is 5.92 Å². The monoisotopic (exact) mass is 223 g/mol. The van der Waals surface area contributed by atoms with Gasteiger partial charge in [0.1, 0.15) is 0 Å². The molecule has 0 radical (unpaired) electrons. The van der Waals surface area contributed by atoms with Crippen LogP contribution in [-0.4, -0.2) is 35.7 Å². The van der Waals surface area contributed by atoms with Crippen LogP contribution in [-0.2, 0) is 4.79 Å². The van der Waals surface area contributed by atoms with Gasteiger partial charge in [-0.25, -0.2) is 5.43 Å². The molecule has 1 aliphatic carbocycles. The molecule has 0 bridgehead atoms. The van der Waals surface area contributed by atoms with Gasteiger partial charge < -0.3 is 4.90 Å². The lowest BCUT2D eigenvalue weighted by molar-refractivity contribution is -0.122. The van der Waals surface area contributed by atoms with Crippen molar-refractivity contribution < 1.29 is 4.79 Å². The Labute approximate surface area is 97.1 Å². The molecule has 1 saturated heterocycles. The molecule has 2 aliphatic rings. The van der Waals surface area contributed by atoms with E-state index in [4.69, 9.17) is 0 Å². The van der Waals surface area contributed by atoms with Gasteiger partial charge in [0, 0.05) is 43.6 Å². The molecule has 0 aromatic rings. The number of rotatable bonds is 3. The minimum absolute atomic E-state index is 0.110. The topological polar surface area (TPSA) is 44.7 Å². The van der Waals surface area contributed by atoms with Gasteiger partial charge in [0.2, 0.25) is 5.91 Å². The van der Waals surface area contributed by atoms with Crippen molar-refractivity contribution in [2.24, 2.45) is 11.0 Å². The largest absolute Gasteiger partial charge is 0.300 e. The number of hydrogen-bond acceptors (Lipinski definition) is 3. The summed E-state index contributed by atoms with van der Waals surface area (Å²) < 4.78 is 0. The van der Waals surface area contributed by atoms with Crippen molar-refractivity contribution in [3.8, 4) is 0 Å². The lowest BCUT2D eigenvalue weighted by Gasteiger charge is -2.30. The molecule has 4 nitrogen and oxygen atoms in total. The van der Waals surface area contributed by atoms with E-state index in [-0.39, 0.29) is 11.8 Å². The maximum atomic E-state index is 11.4. The predicted octanol–water partition coefficient (Wildman–Crippen LogP) is 1.37. The first kappa shape index (κ1) is 11.6. The molecule has 2 fully saturated rings. The molecule has 1 aliphatic heterocycles. The SMILES string of the molecule is CC(C)N1CCC(=NNC(=O)C2CC2)CC1. The van der Waals surface area contributed by atoms with Crippen LogP contribution in [0.4, 0.5) is 0 Å². The van der Waals surface area contributed by atoms with Crippen LogP contribution in [0.2, 0.25) is 0 Å². The van der Waals surface area contributed by atoms with Gasteiger partial charge in [0.05, 0.1) is 0 Å². The second kappa shape index (κ2) is 4.95. The normalized spacial score (nSPS) is 22.3. The molecule has 0 unspecified atom stereocenters. The highest BCUT2D eigenvalue weighted by molar-refractivity contribution is 5.88. The fraction of sp³-hybridized carbons (Fsp3) is 0.833. The predicted molar refractivity (Wildman–Crippen MR) is 64.2 cm³/mol. The highest BCUT2D eigenvalue weighted by atomic mass is 16.2. The van der Waals surface area contributed by atoms with Crippen LogP contribution in [0.25, 0.3) is 0 Å². The molecular formula is C12H21N3O. The molecule has 1 saturated carbocycles. The number of piperidine rings is 1. The Bertz CT molecular complexity index is 285. The summed E-state index contributed by atoms with van der Waals surface area (Å²) in [7, 11) is 0. The second-order valence-corrected chi connectivity index (χ2v) is 5.06. The maximum absolute atomic E-state index is 11.4. The smallest absolute Gasteiger partial charge is 0.243 e. The third-order valence-electron chi connectivity index (χ3n) is 3.38. The summed E-state index contributed by atoms with van der Waals surface area (Å²) in [6.45, 7) is 6.57. The van der Waals surface area contributed by atoms with Crippen molar-refractivity contribution in [3.63, 3.8) is 0 Å². The van der Waals surface area contributed by atoms with Gasteiger partial charge in [0.25, 0.3) is 0 Å². The molecule has 0 aromatic carbocycles. The number of carbonyl (C=O) groups excluding carboxylic acids is 1. The summed E-state index contributed by atoms with van der Waals surface area (Å²) >= 11 is 0. The number of amides is 1. The molecule has 90 valence electrons. The van der Waals surface area contributed by atoms with Gasteiger partial charge in [-0.05, 0) is 26.7 Å². The Kier molecular flexibility index (Phi) is 3.59. The molecule has 0 atom stereocenters. The van der Waals surface area contributed by atoms with Crippen LogP contribution >= 0.6 is 0 Å². The van der Waals surface area contributed by atoms with Crippen LogP contribution in [0.1, 0.15) is 39.5 Å². The summed E-state index contributed by atoms with van der Waals surface area (Å²) in [5.74, 6) is 0.360. The Morgan fingerprint density at radius 3 is 2.50 bits per heavy atom. The fourth-order valence-corrected chi connectivity index (χ4v) is 1.98.